The van der Waals surface area contributed by atoms with Crippen molar-refractivity contribution in [1.29, 1.82) is 0 Å². The number of hydrogen-bond acceptors (Lipinski definition) is 15. The number of aliphatic hydroxyl groups is 3. The summed E-state index contributed by atoms with van der Waals surface area (Å²) in [6, 6.07) is 5.11. The lowest BCUT2D eigenvalue weighted by Gasteiger charge is -2.48. The maximum atomic E-state index is 13.6. The van der Waals surface area contributed by atoms with E-state index in [0.29, 0.717) is 0 Å². The molecular formula is C36H36O15. The topological polar surface area (TPSA) is 233 Å². The maximum Gasteiger partial charge on any atom is 0.303 e. The molecule has 270 valence electrons. The van der Waals surface area contributed by atoms with E-state index in [4.69, 9.17) is 23.7 Å². The number of benzene rings is 2. The molecule has 2 aromatic carbocycles. The first-order valence-corrected chi connectivity index (χ1v) is 16.1. The number of ketones is 2. The van der Waals surface area contributed by atoms with Crippen LogP contribution in [0.4, 0.5) is 0 Å². The number of esters is 3. The average molecular weight is 709 g/mol. The lowest BCUT2D eigenvalue weighted by Crippen LogP contribution is -2.63. The van der Waals surface area contributed by atoms with Crippen LogP contribution >= 0.6 is 0 Å². The van der Waals surface area contributed by atoms with Crippen LogP contribution in [0.15, 0.2) is 35.4 Å². The number of fused-ring (bicyclic) bond motifs is 4. The molecule has 5 N–H and O–H groups in total. The van der Waals surface area contributed by atoms with Crippen LogP contribution in [-0.4, -0.2) is 91.6 Å². The van der Waals surface area contributed by atoms with Crippen LogP contribution in [-0.2, 0) is 38.2 Å². The van der Waals surface area contributed by atoms with Gasteiger partial charge in [0, 0.05) is 56.6 Å². The van der Waals surface area contributed by atoms with Gasteiger partial charge in [-0.25, -0.2) is 0 Å². The van der Waals surface area contributed by atoms with Crippen molar-refractivity contribution in [1.82, 2.24) is 0 Å². The molecule has 0 amide bonds. The largest absolute Gasteiger partial charge is 0.507 e. The normalized spacial score (nSPS) is 28.0. The van der Waals surface area contributed by atoms with Gasteiger partial charge in [0.2, 0.25) is 11.2 Å². The fraction of sp³-hybridized carbons (Fsp3) is 0.417. The van der Waals surface area contributed by atoms with E-state index in [1.807, 2.05) is 0 Å². The van der Waals surface area contributed by atoms with Gasteiger partial charge in [-0.2, -0.15) is 0 Å². The Morgan fingerprint density at radius 2 is 1.27 bits per heavy atom. The molecule has 2 aliphatic carbocycles. The quantitative estimate of drug-likeness (QED) is 0.214. The van der Waals surface area contributed by atoms with Crippen LogP contribution in [0.1, 0.15) is 58.6 Å². The van der Waals surface area contributed by atoms with Gasteiger partial charge in [-0.15, -0.1) is 0 Å². The van der Waals surface area contributed by atoms with E-state index in [-0.39, 0.29) is 46.6 Å². The summed E-state index contributed by atoms with van der Waals surface area (Å²) in [5.41, 5.74) is -5.75. The molecule has 0 saturated heterocycles. The molecule has 2 aromatic rings. The number of phenolic OH excluding ortho intramolecular Hbond substituents is 2. The van der Waals surface area contributed by atoms with Crippen molar-refractivity contribution in [2.24, 2.45) is 11.8 Å². The zero-order valence-electron chi connectivity index (χ0n) is 28.3. The molecular weight excluding hydrogens is 672 g/mol. The van der Waals surface area contributed by atoms with Gasteiger partial charge in [0.05, 0.1) is 17.8 Å². The average Bonchev–Trinajstić information content (AvgIpc) is 3.03. The van der Waals surface area contributed by atoms with Gasteiger partial charge in [0.1, 0.15) is 52.3 Å². The Labute approximate surface area is 290 Å². The highest BCUT2D eigenvalue weighted by atomic mass is 16.6. The van der Waals surface area contributed by atoms with Crippen molar-refractivity contribution < 1.29 is 73.2 Å². The van der Waals surface area contributed by atoms with Crippen LogP contribution in [0.2, 0.25) is 0 Å². The molecule has 51 heavy (non-hydrogen) atoms. The molecule has 6 rings (SSSR count). The van der Waals surface area contributed by atoms with Gasteiger partial charge >= 0.3 is 17.9 Å². The summed E-state index contributed by atoms with van der Waals surface area (Å²) in [6.45, 7) is 5.06. The third-order valence-corrected chi connectivity index (χ3v) is 9.77. The fourth-order valence-electron chi connectivity index (χ4n) is 7.79. The molecule has 2 saturated carbocycles. The van der Waals surface area contributed by atoms with Gasteiger partial charge in [-0.3, -0.25) is 24.0 Å². The summed E-state index contributed by atoms with van der Waals surface area (Å²) in [4.78, 5) is 63.2. The molecule has 0 radical (unpaired) electrons. The number of rotatable bonds is 6. The molecule has 2 aliphatic heterocycles. The predicted molar refractivity (Wildman–Crippen MR) is 173 cm³/mol. The highest BCUT2D eigenvalue weighted by Gasteiger charge is 2.61. The van der Waals surface area contributed by atoms with E-state index in [9.17, 15) is 49.5 Å². The van der Waals surface area contributed by atoms with E-state index in [0.717, 1.165) is 26.8 Å². The van der Waals surface area contributed by atoms with Crippen LogP contribution in [0.25, 0.3) is 22.6 Å². The van der Waals surface area contributed by atoms with Crippen molar-refractivity contribution in [3.63, 3.8) is 0 Å². The molecule has 0 aromatic heterocycles. The molecule has 0 spiro atoms. The van der Waals surface area contributed by atoms with E-state index in [1.54, 1.807) is 13.8 Å². The zero-order chi connectivity index (χ0) is 37.3. The van der Waals surface area contributed by atoms with Crippen molar-refractivity contribution in [2.75, 3.05) is 13.2 Å². The first-order chi connectivity index (χ1) is 24.0. The first-order valence-electron chi connectivity index (χ1n) is 16.1. The smallest absolute Gasteiger partial charge is 0.303 e. The van der Waals surface area contributed by atoms with Gasteiger partial charge in [-0.1, -0.05) is 13.8 Å². The highest BCUT2D eigenvalue weighted by Crippen LogP contribution is 2.57. The van der Waals surface area contributed by atoms with E-state index < -0.39 is 112 Å². The number of phenols is 2. The molecule has 6 atom stereocenters. The second kappa shape index (κ2) is 12.3. The predicted octanol–water partition coefficient (Wildman–Crippen LogP) is 3.20. The molecule has 15 nitrogen and oxygen atoms in total. The Morgan fingerprint density at radius 1 is 0.745 bits per heavy atom. The zero-order valence-corrected chi connectivity index (χ0v) is 28.3. The Balaban J connectivity index is 1.57. The number of carbonyl (C=O) groups excluding carboxylic acids is 5. The summed E-state index contributed by atoms with van der Waals surface area (Å²) >= 11 is 0. The number of ether oxygens (including phenoxy) is 5. The minimum Gasteiger partial charge on any atom is -0.507 e. The van der Waals surface area contributed by atoms with Crippen LogP contribution in [0.5, 0.6) is 23.0 Å². The van der Waals surface area contributed by atoms with Crippen LogP contribution in [0, 0.1) is 11.8 Å². The van der Waals surface area contributed by atoms with Crippen molar-refractivity contribution in [2.45, 2.75) is 70.9 Å². The van der Waals surface area contributed by atoms with Crippen molar-refractivity contribution in [3.05, 3.63) is 46.5 Å². The second-order valence-electron chi connectivity index (χ2n) is 13.3. The molecule has 0 unspecified atom stereocenters. The Hall–Kier alpha value is -5.57. The highest BCUT2D eigenvalue weighted by molar-refractivity contribution is 6.08. The minimum absolute atomic E-state index is 0.0234. The Bertz CT molecular complexity index is 1970. The molecule has 2 fully saturated rings. The monoisotopic (exact) mass is 708 g/mol. The number of Topliss-reactive ketones (excluding diaryl/α,β-unsaturated/α-hetero) is 2. The van der Waals surface area contributed by atoms with Crippen molar-refractivity contribution >= 4 is 41.0 Å². The summed E-state index contributed by atoms with van der Waals surface area (Å²) < 4.78 is 29.0. The van der Waals surface area contributed by atoms with Crippen molar-refractivity contribution in [3.8, 4) is 34.1 Å². The summed E-state index contributed by atoms with van der Waals surface area (Å²) in [5.74, 6) is -7.95. The third-order valence-electron chi connectivity index (χ3n) is 9.77. The maximum absolute atomic E-state index is 13.6. The standard InChI is InChI=1S/C36H36O15/c1-14-10-22(42)27-30(45)25-21(41)8-6-20(32(25)51-35(27,12-37)33(14)48-17(4)39)19-7-9-24-26(29(19)44)31(46)28-23(43)11-15(2)34(49-18(5)40)36(28,50-24)13-47-16(3)38/h6-9,14-15,33-34,37,41,44-46H,10-13H2,1-5H3/t14-,15-,33-,34-,35+,36+/m1/s1. The lowest BCUT2D eigenvalue weighted by atomic mass is 9.69. The molecule has 0 bridgehead atoms. The Kier molecular flexibility index (Phi) is 8.53. The van der Waals surface area contributed by atoms with E-state index in [2.05, 4.69) is 0 Å². The number of carbonyl (C=O) groups is 5. The number of aliphatic hydroxyl groups excluding tert-OH is 3. The summed E-state index contributed by atoms with van der Waals surface area (Å²) in [5, 5.41) is 56.8. The molecule has 4 aliphatic rings. The lowest BCUT2D eigenvalue weighted by molar-refractivity contribution is -0.177. The minimum atomic E-state index is -2.12. The Morgan fingerprint density at radius 3 is 1.82 bits per heavy atom. The SMILES string of the molecule is CC(=O)OC[C@]12Oc3ccc(-c4ccc(O)c5c4O[C@@]4(CO)C(=C5O)C(=O)C[C@@H](C)[C@H]4OC(C)=O)c(O)c3C(O)=C1C(=O)C[C@@H](C)[C@H]2OC(C)=O. The van der Waals surface area contributed by atoms with Gasteiger partial charge in [-0.05, 0) is 24.3 Å². The van der Waals surface area contributed by atoms with Gasteiger partial charge in [0.25, 0.3) is 0 Å². The van der Waals surface area contributed by atoms with Crippen LogP contribution < -0.4 is 9.47 Å². The summed E-state index contributed by atoms with van der Waals surface area (Å²) in [7, 11) is 0. The van der Waals surface area contributed by atoms with E-state index >= 15 is 0 Å². The molecule has 2 heterocycles. The first kappa shape index (κ1) is 35.3. The van der Waals surface area contributed by atoms with Gasteiger partial charge in [0.15, 0.2) is 23.8 Å². The van der Waals surface area contributed by atoms with Crippen LogP contribution in [0.3, 0.4) is 0 Å². The summed E-state index contributed by atoms with van der Waals surface area (Å²) in [6.07, 6.45) is -2.85. The number of aromatic hydroxyl groups is 2. The third kappa shape index (κ3) is 5.25. The van der Waals surface area contributed by atoms with E-state index in [1.165, 1.54) is 18.2 Å². The second-order valence-corrected chi connectivity index (χ2v) is 13.3. The fourth-order valence-corrected chi connectivity index (χ4v) is 7.79. The number of hydrogen-bond donors (Lipinski definition) is 5. The van der Waals surface area contributed by atoms with Gasteiger partial charge < -0.3 is 49.2 Å². The molecule has 15 heteroatoms.